The molecule has 1 aromatic carbocycles. The lowest BCUT2D eigenvalue weighted by Gasteiger charge is -2.18. The molecule has 1 saturated carbocycles. The molecule has 1 amide bonds. The molecule has 0 saturated heterocycles. The van der Waals surface area contributed by atoms with Crippen LogP contribution in [0.1, 0.15) is 24.8 Å². The molecule has 1 aliphatic carbocycles. The molecular weight excluding hydrogens is 258 g/mol. The van der Waals surface area contributed by atoms with Crippen molar-refractivity contribution in [1.29, 1.82) is 0 Å². The van der Waals surface area contributed by atoms with Crippen molar-refractivity contribution in [2.45, 2.75) is 31.9 Å². The van der Waals surface area contributed by atoms with Gasteiger partial charge in [0.15, 0.2) is 0 Å². The van der Waals surface area contributed by atoms with Gasteiger partial charge in [0.05, 0.1) is 13.0 Å². The Morgan fingerprint density at radius 3 is 2.70 bits per heavy atom. The number of rotatable bonds is 4. The fraction of sp³-hybridized carbons (Fsp3) is 0.467. The number of ether oxygens (including phenoxy) is 2. The number of esters is 1. The van der Waals surface area contributed by atoms with Crippen LogP contribution < -0.4 is 5.32 Å². The van der Waals surface area contributed by atoms with Crippen LogP contribution in [0.25, 0.3) is 0 Å². The number of nitrogens with one attached hydrogen (secondary N) is 1. The molecule has 5 nitrogen and oxygen atoms in total. The molecule has 20 heavy (non-hydrogen) atoms. The molecule has 1 aromatic rings. The number of hydrogen-bond donors (Lipinski definition) is 1. The summed E-state index contributed by atoms with van der Waals surface area (Å²) in [6, 6.07) is 9.27. The van der Waals surface area contributed by atoms with Crippen molar-refractivity contribution in [2.75, 3.05) is 7.11 Å². The number of benzene rings is 1. The first kappa shape index (κ1) is 14.4. The van der Waals surface area contributed by atoms with Crippen molar-refractivity contribution in [1.82, 2.24) is 5.32 Å². The molecule has 0 aromatic heterocycles. The van der Waals surface area contributed by atoms with Crippen molar-refractivity contribution in [3.05, 3.63) is 35.9 Å². The second-order valence-electron chi connectivity index (χ2n) is 4.87. The first-order valence-corrected chi connectivity index (χ1v) is 6.75. The van der Waals surface area contributed by atoms with E-state index in [1.807, 2.05) is 30.3 Å². The molecule has 1 fully saturated rings. The number of methoxy groups -OCH3 is 1. The molecule has 0 aliphatic heterocycles. The van der Waals surface area contributed by atoms with Crippen molar-refractivity contribution in [3.63, 3.8) is 0 Å². The van der Waals surface area contributed by atoms with Gasteiger partial charge in [-0.2, -0.15) is 0 Å². The van der Waals surface area contributed by atoms with Crippen LogP contribution in [0, 0.1) is 5.92 Å². The Hall–Kier alpha value is -2.04. The van der Waals surface area contributed by atoms with Gasteiger partial charge in [0.2, 0.25) is 0 Å². The smallest absolute Gasteiger partial charge is 0.407 e. The largest absolute Gasteiger partial charge is 0.469 e. The Labute approximate surface area is 118 Å². The van der Waals surface area contributed by atoms with Crippen molar-refractivity contribution < 1.29 is 19.1 Å². The maximum Gasteiger partial charge on any atom is 0.407 e. The summed E-state index contributed by atoms with van der Waals surface area (Å²) in [7, 11) is 1.37. The normalized spacial score (nSPS) is 21.2. The van der Waals surface area contributed by atoms with Gasteiger partial charge in [0.25, 0.3) is 0 Å². The van der Waals surface area contributed by atoms with E-state index in [2.05, 4.69) is 5.32 Å². The number of alkyl carbamates (subject to hydrolysis) is 1. The average molecular weight is 277 g/mol. The zero-order chi connectivity index (χ0) is 14.4. The van der Waals surface area contributed by atoms with Crippen molar-refractivity contribution in [3.8, 4) is 0 Å². The van der Waals surface area contributed by atoms with Gasteiger partial charge in [-0.05, 0) is 18.4 Å². The molecule has 0 heterocycles. The number of carbonyl (C=O) groups excluding carboxylic acids is 2. The minimum atomic E-state index is -0.491. The second kappa shape index (κ2) is 6.93. The summed E-state index contributed by atoms with van der Waals surface area (Å²) in [4.78, 5) is 23.3. The second-order valence-corrected chi connectivity index (χ2v) is 4.87. The predicted molar refractivity (Wildman–Crippen MR) is 72.9 cm³/mol. The van der Waals surface area contributed by atoms with Crippen LogP contribution in [0.4, 0.5) is 4.79 Å². The van der Waals surface area contributed by atoms with E-state index in [1.54, 1.807) is 0 Å². The van der Waals surface area contributed by atoms with Crippen molar-refractivity contribution in [2.24, 2.45) is 5.92 Å². The van der Waals surface area contributed by atoms with Crippen molar-refractivity contribution >= 4 is 12.1 Å². The van der Waals surface area contributed by atoms with Gasteiger partial charge in [-0.3, -0.25) is 4.79 Å². The van der Waals surface area contributed by atoms with E-state index in [0.29, 0.717) is 0 Å². The Balaban J connectivity index is 1.80. The highest BCUT2D eigenvalue weighted by atomic mass is 16.5. The molecule has 5 heteroatoms. The van der Waals surface area contributed by atoms with E-state index in [9.17, 15) is 9.59 Å². The minimum Gasteiger partial charge on any atom is -0.469 e. The SMILES string of the molecule is COC(=O)C1CCCC1NC(=O)OCc1ccccc1. The molecule has 0 bridgehead atoms. The molecule has 0 spiro atoms. The van der Waals surface area contributed by atoms with E-state index >= 15 is 0 Å². The molecule has 2 rings (SSSR count). The van der Waals surface area contributed by atoms with E-state index in [1.165, 1.54) is 7.11 Å². The maximum absolute atomic E-state index is 11.7. The van der Waals surface area contributed by atoms with Crippen LogP contribution in [0.3, 0.4) is 0 Å². The first-order chi connectivity index (χ1) is 9.70. The van der Waals surface area contributed by atoms with Gasteiger partial charge in [0, 0.05) is 6.04 Å². The van der Waals surface area contributed by atoms with Crippen LogP contribution >= 0.6 is 0 Å². The number of hydrogen-bond acceptors (Lipinski definition) is 4. The molecule has 0 radical (unpaired) electrons. The lowest BCUT2D eigenvalue weighted by molar-refractivity contribution is -0.145. The topological polar surface area (TPSA) is 64.6 Å². The van der Waals surface area contributed by atoms with Gasteiger partial charge in [-0.1, -0.05) is 36.8 Å². The summed E-state index contributed by atoms with van der Waals surface area (Å²) < 4.78 is 9.89. The monoisotopic (exact) mass is 277 g/mol. The standard InChI is InChI=1S/C15H19NO4/c1-19-14(17)12-8-5-9-13(12)16-15(18)20-10-11-6-3-2-4-7-11/h2-4,6-7,12-13H,5,8-10H2,1H3,(H,16,18). The third kappa shape index (κ3) is 3.73. The van der Waals surface area contributed by atoms with E-state index in [0.717, 1.165) is 24.8 Å². The fourth-order valence-electron chi connectivity index (χ4n) is 2.48. The average Bonchev–Trinajstić information content (AvgIpc) is 2.93. The van der Waals surface area contributed by atoms with Crippen LogP contribution in [-0.2, 0) is 20.9 Å². The Bertz CT molecular complexity index is 460. The van der Waals surface area contributed by atoms with Crippen LogP contribution in [0.15, 0.2) is 30.3 Å². The summed E-state index contributed by atoms with van der Waals surface area (Å²) >= 11 is 0. The highest BCUT2D eigenvalue weighted by Crippen LogP contribution is 2.26. The summed E-state index contributed by atoms with van der Waals surface area (Å²) in [5.74, 6) is -0.528. The van der Waals surface area contributed by atoms with Gasteiger partial charge in [-0.15, -0.1) is 0 Å². The Kier molecular flexibility index (Phi) is 4.98. The fourth-order valence-corrected chi connectivity index (χ4v) is 2.48. The lowest BCUT2D eigenvalue weighted by Crippen LogP contribution is -2.40. The van der Waals surface area contributed by atoms with Gasteiger partial charge >= 0.3 is 12.1 Å². The predicted octanol–water partition coefficient (Wildman–Crippen LogP) is 2.25. The minimum absolute atomic E-state index is 0.189. The molecule has 2 unspecified atom stereocenters. The molecule has 108 valence electrons. The Morgan fingerprint density at radius 1 is 1.25 bits per heavy atom. The number of amides is 1. The third-order valence-electron chi connectivity index (χ3n) is 3.54. The molecular formula is C15H19NO4. The Morgan fingerprint density at radius 2 is 2.00 bits per heavy atom. The van der Waals surface area contributed by atoms with E-state index < -0.39 is 6.09 Å². The van der Waals surface area contributed by atoms with E-state index in [-0.39, 0.29) is 24.5 Å². The zero-order valence-corrected chi connectivity index (χ0v) is 11.5. The van der Waals surface area contributed by atoms with Crippen LogP contribution in [0.2, 0.25) is 0 Å². The quantitative estimate of drug-likeness (QED) is 0.857. The molecule has 2 atom stereocenters. The lowest BCUT2D eigenvalue weighted by atomic mass is 10.0. The van der Waals surface area contributed by atoms with Crippen LogP contribution in [-0.4, -0.2) is 25.2 Å². The summed E-state index contributed by atoms with van der Waals surface area (Å²) in [6.07, 6.45) is 1.94. The summed E-state index contributed by atoms with van der Waals surface area (Å²) in [5.41, 5.74) is 0.929. The highest BCUT2D eigenvalue weighted by molar-refractivity contribution is 5.75. The summed E-state index contributed by atoms with van der Waals surface area (Å²) in [5, 5.41) is 2.75. The zero-order valence-electron chi connectivity index (χ0n) is 11.5. The summed E-state index contributed by atoms with van der Waals surface area (Å²) in [6.45, 7) is 0.224. The van der Waals surface area contributed by atoms with Gasteiger partial charge in [-0.25, -0.2) is 4.79 Å². The van der Waals surface area contributed by atoms with E-state index in [4.69, 9.17) is 9.47 Å². The molecule has 1 N–H and O–H groups in total. The maximum atomic E-state index is 11.7. The van der Waals surface area contributed by atoms with Gasteiger partial charge < -0.3 is 14.8 Å². The third-order valence-corrected chi connectivity index (χ3v) is 3.54. The molecule has 1 aliphatic rings. The highest BCUT2D eigenvalue weighted by Gasteiger charge is 2.35. The number of carbonyl (C=O) groups is 2. The van der Waals surface area contributed by atoms with Crippen LogP contribution in [0.5, 0.6) is 0 Å². The first-order valence-electron chi connectivity index (χ1n) is 6.75. The van der Waals surface area contributed by atoms with Gasteiger partial charge in [0.1, 0.15) is 6.61 Å².